The molecule has 2 aromatic rings. The van der Waals surface area contributed by atoms with Crippen molar-refractivity contribution in [1.82, 2.24) is 10.2 Å². The monoisotopic (exact) mass is 513 g/mol. The standard InChI is InChI=1S/C28H39N3O4S/c1-8-20-13-15-21(16-14-20)24(25(32)30-23-18(3)11-10-12-19(23)4)31(9-2)26(33)22(17-36)29-27(34)35-28(5,6)7/h10-16,22,24,36H,8-9,17H2,1-7H3,(H,29,34)(H,30,32). The second-order valence-electron chi connectivity index (χ2n) is 9.76. The number of aryl methyl sites for hydroxylation is 3. The van der Waals surface area contributed by atoms with E-state index in [0.717, 1.165) is 28.8 Å². The number of nitrogens with zero attached hydrogens (tertiary/aromatic N) is 1. The van der Waals surface area contributed by atoms with Crippen molar-refractivity contribution in [3.05, 3.63) is 64.7 Å². The van der Waals surface area contributed by atoms with Crippen LogP contribution in [-0.2, 0) is 20.7 Å². The first kappa shape index (κ1) is 29.2. The number of nitrogens with one attached hydrogen (secondary N) is 2. The average molecular weight is 514 g/mol. The third kappa shape index (κ3) is 7.75. The van der Waals surface area contributed by atoms with Crippen LogP contribution in [0.3, 0.4) is 0 Å². The molecule has 0 bridgehead atoms. The SMILES string of the molecule is CCc1ccc(C(C(=O)Nc2c(C)cccc2C)N(CC)C(=O)C(CS)NC(=O)OC(C)(C)C)cc1. The Morgan fingerprint density at radius 1 is 1.00 bits per heavy atom. The molecule has 196 valence electrons. The molecule has 0 saturated heterocycles. The second-order valence-corrected chi connectivity index (χ2v) is 10.1. The number of carbonyl (C=O) groups is 3. The molecular formula is C28H39N3O4S. The number of amides is 3. The van der Waals surface area contributed by atoms with Crippen molar-refractivity contribution in [2.45, 2.75) is 72.6 Å². The molecular weight excluding hydrogens is 474 g/mol. The molecule has 2 atom stereocenters. The number of hydrogen-bond donors (Lipinski definition) is 3. The van der Waals surface area contributed by atoms with Gasteiger partial charge in [-0.1, -0.05) is 49.4 Å². The van der Waals surface area contributed by atoms with Gasteiger partial charge in [-0.05, 0) is 70.2 Å². The molecule has 0 aromatic heterocycles. The van der Waals surface area contributed by atoms with E-state index in [2.05, 4.69) is 30.2 Å². The molecule has 36 heavy (non-hydrogen) atoms. The van der Waals surface area contributed by atoms with Crippen molar-refractivity contribution in [1.29, 1.82) is 0 Å². The maximum absolute atomic E-state index is 13.8. The number of carbonyl (C=O) groups excluding carboxylic acids is 3. The number of anilines is 1. The summed E-state index contributed by atoms with van der Waals surface area (Å²) in [5, 5.41) is 5.65. The lowest BCUT2D eigenvalue weighted by molar-refractivity contribution is -0.140. The largest absolute Gasteiger partial charge is 0.444 e. The van der Waals surface area contributed by atoms with Crippen LogP contribution in [0.1, 0.15) is 62.9 Å². The lowest BCUT2D eigenvalue weighted by Gasteiger charge is -2.33. The summed E-state index contributed by atoms with van der Waals surface area (Å²) in [4.78, 5) is 41.3. The van der Waals surface area contributed by atoms with E-state index >= 15 is 0 Å². The number of benzene rings is 2. The van der Waals surface area contributed by atoms with Gasteiger partial charge in [0.25, 0.3) is 5.91 Å². The molecule has 0 spiro atoms. The predicted molar refractivity (Wildman–Crippen MR) is 148 cm³/mol. The Hall–Kier alpha value is -3.00. The topological polar surface area (TPSA) is 87.7 Å². The highest BCUT2D eigenvalue weighted by atomic mass is 32.1. The molecule has 2 N–H and O–H groups in total. The quantitative estimate of drug-likeness (QED) is 0.401. The summed E-state index contributed by atoms with van der Waals surface area (Å²) in [5.41, 5.74) is 3.67. The Labute approximate surface area is 220 Å². The molecule has 2 aromatic carbocycles. The summed E-state index contributed by atoms with van der Waals surface area (Å²) < 4.78 is 5.32. The molecule has 8 heteroatoms. The molecule has 0 aliphatic rings. The lowest BCUT2D eigenvalue weighted by atomic mass is 10.00. The normalized spacial score (nSPS) is 12.9. The van der Waals surface area contributed by atoms with E-state index in [1.54, 1.807) is 27.7 Å². The predicted octanol–water partition coefficient (Wildman–Crippen LogP) is 5.22. The van der Waals surface area contributed by atoms with Crippen LogP contribution in [0.5, 0.6) is 0 Å². The fraction of sp³-hybridized carbons (Fsp3) is 0.464. The molecule has 0 fully saturated rings. The van der Waals surface area contributed by atoms with E-state index in [-0.39, 0.29) is 18.2 Å². The van der Waals surface area contributed by atoms with Crippen molar-refractivity contribution in [3.8, 4) is 0 Å². The van der Waals surface area contributed by atoms with E-state index in [1.165, 1.54) is 4.90 Å². The Bertz CT molecular complexity index is 1040. The van der Waals surface area contributed by atoms with E-state index in [4.69, 9.17) is 4.74 Å². The van der Waals surface area contributed by atoms with Crippen LogP contribution >= 0.6 is 12.6 Å². The van der Waals surface area contributed by atoms with Crippen LogP contribution < -0.4 is 10.6 Å². The van der Waals surface area contributed by atoms with Gasteiger partial charge in [0.2, 0.25) is 5.91 Å². The minimum absolute atomic E-state index is 0.0502. The first-order valence-corrected chi connectivity index (χ1v) is 12.9. The van der Waals surface area contributed by atoms with Gasteiger partial charge >= 0.3 is 6.09 Å². The van der Waals surface area contributed by atoms with Crippen molar-refractivity contribution in [2.24, 2.45) is 0 Å². The van der Waals surface area contributed by atoms with Crippen LogP contribution in [-0.4, -0.2) is 46.7 Å². The molecule has 0 radical (unpaired) electrons. The third-order valence-electron chi connectivity index (χ3n) is 5.79. The van der Waals surface area contributed by atoms with Gasteiger partial charge in [-0.25, -0.2) is 4.79 Å². The molecule has 3 amide bonds. The van der Waals surface area contributed by atoms with Crippen molar-refractivity contribution in [2.75, 3.05) is 17.6 Å². The van der Waals surface area contributed by atoms with Gasteiger partial charge in [-0.3, -0.25) is 9.59 Å². The van der Waals surface area contributed by atoms with Crippen LogP contribution in [0.2, 0.25) is 0 Å². The zero-order chi connectivity index (χ0) is 27.0. The van der Waals surface area contributed by atoms with E-state index < -0.39 is 29.7 Å². The minimum atomic E-state index is -0.964. The fourth-order valence-electron chi connectivity index (χ4n) is 3.91. The van der Waals surface area contributed by atoms with E-state index in [0.29, 0.717) is 5.56 Å². The molecule has 0 heterocycles. The molecule has 7 nitrogen and oxygen atoms in total. The maximum Gasteiger partial charge on any atom is 0.408 e. The summed E-state index contributed by atoms with van der Waals surface area (Å²) >= 11 is 4.30. The van der Waals surface area contributed by atoms with Gasteiger partial charge in [0, 0.05) is 18.0 Å². The molecule has 2 rings (SSSR count). The van der Waals surface area contributed by atoms with Crippen LogP contribution in [0, 0.1) is 13.8 Å². The first-order valence-electron chi connectivity index (χ1n) is 12.3. The number of ether oxygens (including phenoxy) is 1. The molecule has 0 aliphatic carbocycles. The van der Waals surface area contributed by atoms with E-state index in [9.17, 15) is 14.4 Å². The Morgan fingerprint density at radius 2 is 1.58 bits per heavy atom. The van der Waals surface area contributed by atoms with Gasteiger partial charge < -0.3 is 20.3 Å². The van der Waals surface area contributed by atoms with Gasteiger partial charge in [0.05, 0.1) is 0 Å². The minimum Gasteiger partial charge on any atom is -0.444 e. The second kappa shape index (κ2) is 12.8. The first-order chi connectivity index (χ1) is 16.9. The number of para-hydroxylation sites is 1. The maximum atomic E-state index is 13.8. The van der Waals surface area contributed by atoms with Gasteiger partial charge in [-0.2, -0.15) is 12.6 Å². The van der Waals surface area contributed by atoms with Crippen LogP contribution in [0.15, 0.2) is 42.5 Å². The van der Waals surface area contributed by atoms with Crippen LogP contribution in [0.25, 0.3) is 0 Å². The van der Waals surface area contributed by atoms with E-state index in [1.807, 2.05) is 56.3 Å². The number of rotatable bonds is 9. The fourth-order valence-corrected chi connectivity index (χ4v) is 4.16. The highest BCUT2D eigenvalue weighted by molar-refractivity contribution is 7.80. The Balaban J connectivity index is 2.44. The Morgan fingerprint density at radius 3 is 2.06 bits per heavy atom. The van der Waals surface area contributed by atoms with Crippen molar-refractivity contribution >= 4 is 36.2 Å². The third-order valence-corrected chi connectivity index (χ3v) is 6.15. The smallest absolute Gasteiger partial charge is 0.408 e. The summed E-state index contributed by atoms with van der Waals surface area (Å²) in [6.07, 6.45) is 0.145. The highest BCUT2D eigenvalue weighted by Gasteiger charge is 2.35. The van der Waals surface area contributed by atoms with Crippen molar-refractivity contribution in [3.63, 3.8) is 0 Å². The van der Waals surface area contributed by atoms with Crippen LogP contribution in [0.4, 0.5) is 10.5 Å². The molecule has 2 unspecified atom stereocenters. The number of alkyl carbamates (subject to hydrolysis) is 1. The van der Waals surface area contributed by atoms with Gasteiger partial charge in [-0.15, -0.1) is 0 Å². The molecule has 0 saturated carbocycles. The van der Waals surface area contributed by atoms with Gasteiger partial charge in [0.15, 0.2) is 0 Å². The zero-order valence-electron chi connectivity index (χ0n) is 22.3. The Kier molecular flexibility index (Phi) is 10.4. The van der Waals surface area contributed by atoms with Gasteiger partial charge in [0.1, 0.15) is 17.7 Å². The lowest BCUT2D eigenvalue weighted by Crippen LogP contribution is -2.53. The van der Waals surface area contributed by atoms with Crippen molar-refractivity contribution < 1.29 is 19.1 Å². The summed E-state index contributed by atoms with van der Waals surface area (Å²) in [6, 6.07) is 11.6. The summed E-state index contributed by atoms with van der Waals surface area (Å²) in [7, 11) is 0. The highest BCUT2D eigenvalue weighted by Crippen LogP contribution is 2.27. The molecule has 0 aliphatic heterocycles. The number of thiol groups is 1. The number of hydrogen-bond acceptors (Lipinski definition) is 5. The summed E-state index contributed by atoms with van der Waals surface area (Å²) in [6.45, 7) is 13.2. The zero-order valence-corrected chi connectivity index (χ0v) is 23.2. The number of likely N-dealkylation sites (N-methyl/N-ethyl adjacent to an activating group) is 1. The average Bonchev–Trinajstić information content (AvgIpc) is 2.81. The summed E-state index contributed by atoms with van der Waals surface area (Å²) in [5.74, 6) is -0.698.